The average Bonchev–Trinajstić information content (AvgIpc) is 2.40. The minimum absolute atomic E-state index is 0.265. The zero-order chi connectivity index (χ0) is 12.8. The molecule has 0 saturated carbocycles. The van der Waals surface area contributed by atoms with Crippen LogP contribution in [0.3, 0.4) is 0 Å². The molecule has 2 N–H and O–H groups in total. The fraction of sp³-hybridized carbons (Fsp3) is 0.143. The van der Waals surface area contributed by atoms with Gasteiger partial charge in [-0.2, -0.15) is 0 Å². The summed E-state index contributed by atoms with van der Waals surface area (Å²) in [7, 11) is 0. The molecule has 0 saturated heterocycles. The number of aromatic nitrogens is 2. The molecular weight excluding hydrogens is 226 g/mol. The summed E-state index contributed by atoms with van der Waals surface area (Å²) < 4.78 is 1.54. The van der Waals surface area contributed by atoms with Gasteiger partial charge in [0.15, 0.2) is 0 Å². The molecule has 0 aliphatic rings. The summed E-state index contributed by atoms with van der Waals surface area (Å²) in [5, 5.41) is 0. The molecule has 1 aromatic carbocycles. The lowest BCUT2D eigenvalue weighted by molar-refractivity contribution is 0.726. The van der Waals surface area contributed by atoms with Crippen LogP contribution in [0.4, 0.5) is 0 Å². The maximum absolute atomic E-state index is 11.5. The molecule has 0 radical (unpaired) electrons. The molecular formula is C14H13N3O. The molecule has 90 valence electrons. The van der Waals surface area contributed by atoms with E-state index in [1.165, 1.54) is 6.20 Å². The van der Waals surface area contributed by atoms with E-state index in [-0.39, 0.29) is 5.69 Å². The molecule has 2 rings (SSSR count). The number of benzene rings is 1. The van der Waals surface area contributed by atoms with Crippen LogP contribution in [0.5, 0.6) is 0 Å². The molecule has 2 aromatic rings. The van der Waals surface area contributed by atoms with E-state index in [4.69, 9.17) is 5.73 Å². The predicted molar refractivity (Wildman–Crippen MR) is 70.0 cm³/mol. The van der Waals surface area contributed by atoms with E-state index in [0.29, 0.717) is 13.1 Å². The Kier molecular flexibility index (Phi) is 3.90. The summed E-state index contributed by atoms with van der Waals surface area (Å²) in [4.78, 5) is 15.3. The molecule has 0 bridgehead atoms. The molecule has 4 nitrogen and oxygen atoms in total. The van der Waals surface area contributed by atoms with Crippen LogP contribution in [0.1, 0.15) is 11.1 Å². The Morgan fingerprint density at radius 1 is 1.28 bits per heavy atom. The van der Waals surface area contributed by atoms with Crippen molar-refractivity contribution < 1.29 is 0 Å². The average molecular weight is 239 g/mol. The van der Waals surface area contributed by atoms with E-state index in [1.807, 2.05) is 24.3 Å². The molecule has 4 heteroatoms. The number of hydrogen-bond acceptors (Lipinski definition) is 3. The Morgan fingerprint density at radius 2 is 2.11 bits per heavy atom. The van der Waals surface area contributed by atoms with Crippen LogP contribution in [0.2, 0.25) is 0 Å². The summed E-state index contributed by atoms with van der Waals surface area (Å²) >= 11 is 0. The molecule has 0 fully saturated rings. The Bertz CT molecular complexity index is 650. The smallest absolute Gasteiger partial charge is 0.320 e. The molecule has 0 unspecified atom stereocenters. The van der Waals surface area contributed by atoms with E-state index in [0.717, 1.165) is 11.1 Å². The van der Waals surface area contributed by atoms with Gasteiger partial charge in [0, 0.05) is 18.0 Å². The minimum Gasteiger partial charge on any atom is -0.320 e. The summed E-state index contributed by atoms with van der Waals surface area (Å²) in [6, 6.07) is 9.43. The Hall–Kier alpha value is -2.38. The second kappa shape index (κ2) is 5.80. The first-order valence-corrected chi connectivity index (χ1v) is 5.59. The van der Waals surface area contributed by atoms with Crippen LogP contribution in [-0.4, -0.2) is 16.1 Å². The van der Waals surface area contributed by atoms with E-state index < -0.39 is 0 Å². The molecule has 1 aromatic heterocycles. The second-order valence-corrected chi connectivity index (χ2v) is 3.69. The number of rotatable bonds is 2. The highest BCUT2D eigenvalue weighted by Gasteiger charge is 2.01. The monoisotopic (exact) mass is 239 g/mol. The Labute approximate surface area is 105 Å². The van der Waals surface area contributed by atoms with Gasteiger partial charge in [0.05, 0.1) is 13.1 Å². The van der Waals surface area contributed by atoms with E-state index in [2.05, 4.69) is 16.8 Å². The van der Waals surface area contributed by atoms with Gasteiger partial charge >= 0.3 is 5.69 Å². The fourth-order valence-electron chi connectivity index (χ4n) is 1.62. The van der Waals surface area contributed by atoms with Gasteiger partial charge in [0.1, 0.15) is 0 Å². The maximum atomic E-state index is 11.5. The molecule has 1 heterocycles. The van der Waals surface area contributed by atoms with Crippen molar-refractivity contribution in [3.63, 3.8) is 0 Å². The third kappa shape index (κ3) is 2.84. The lowest BCUT2D eigenvalue weighted by Crippen LogP contribution is -2.22. The van der Waals surface area contributed by atoms with Gasteiger partial charge in [-0.3, -0.25) is 4.57 Å². The van der Waals surface area contributed by atoms with E-state index in [9.17, 15) is 4.79 Å². The first kappa shape index (κ1) is 12.1. The van der Waals surface area contributed by atoms with Gasteiger partial charge in [-0.1, -0.05) is 30.0 Å². The van der Waals surface area contributed by atoms with Crippen LogP contribution >= 0.6 is 0 Å². The quantitative estimate of drug-likeness (QED) is 0.781. The molecule has 0 aliphatic heterocycles. The first-order valence-electron chi connectivity index (χ1n) is 5.59. The second-order valence-electron chi connectivity index (χ2n) is 3.69. The van der Waals surface area contributed by atoms with Crippen LogP contribution < -0.4 is 11.4 Å². The largest absolute Gasteiger partial charge is 0.347 e. The van der Waals surface area contributed by atoms with E-state index >= 15 is 0 Å². The van der Waals surface area contributed by atoms with Gasteiger partial charge < -0.3 is 5.73 Å². The highest BCUT2D eigenvalue weighted by atomic mass is 16.1. The Balaban J connectivity index is 2.35. The zero-order valence-electron chi connectivity index (χ0n) is 9.84. The van der Waals surface area contributed by atoms with Gasteiger partial charge in [-0.25, -0.2) is 9.78 Å². The van der Waals surface area contributed by atoms with Crippen molar-refractivity contribution >= 4 is 0 Å². The SMILES string of the molecule is NCC#Cc1ccccc1Cn1cccnc1=O. The summed E-state index contributed by atoms with van der Waals surface area (Å²) in [5.74, 6) is 5.82. The maximum Gasteiger partial charge on any atom is 0.347 e. The summed E-state index contributed by atoms with van der Waals surface area (Å²) in [6.45, 7) is 0.781. The van der Waals surface area contributed by atoms with Crippen LogP contribution in [-0.2, 0) is 6.54 Å². The van der Waals surface area contributed by atoms with Crippen LogP contribution in [0.15, 0.2) is 47.5 Å². The van der Waals surface area contributed by atoms with Crippen LogP contribution in [0.25, 0.3) is 0 Å². The highest BCUT2D eigenvalue weighted by Crippen LogP contribution is 2.08. The van der Waals surface area contributed by atoms with E-state index in [1.54, 1.807) is 16.8 Å². The van der Waals surface area contributed by atoms with Gasteiger partial charge in [0.25, 0.3) is 0 Å². The van der Waals surface area contributed by atoms with Gasteiger partial charge in [0.2, 0.25) is 0 Å². The van der Waals surface area contributed by atoms with Crippen molar-refractivity contribution in [2.75, 3.05) is 6.54 Å². The summed E-state index contributed by atoms with van der Waals surface area (Å²) in [6.07, 6.45) is 3.20. The molecule has 0 atom stereocenters. The Morgan fingerprint density at radius 3 is 2.89 bits per heavy atom. The topological polar surface area (TPSA) is 60.9 Å². The van der Waals surface area contributed by atoms with Crippen molar-refractivity contribution in [3.05, 3.63) is 64.3 Å². The first-order chi connectivity index (χ1) is 8.81. The minimum atomic E-state index is -0.265. The molecule has 0 spiro atoms. The zero-order valence-corrected chi connectivity index (χ0v) is 9.84. The highest BCUT2D eigenvalue weighted by molar-refractivity contribution is 5.41. The fourth-order valence-corrected chi connectivity index (χ4v) is 1.62. The molecule has 18 heavy (non-hydrogen) atoms. The third-order valence-electron chi connectivity index (χ3n) is 2.47. The lowest BCUT2D eigenvalue weighted by Gasteiger charge is -2.06. The predicted octanol–water partition coefficient (Wildman–Crippen LogP) is 0.602. The van der Waals surface area contributed by atoms with Crippen molar-refractivity contribution in [2.24, 2.45) is 5.73 Å². The number of nitrogens with two attached hydrogens (primary N) is 1. The number of nitrogens with zero attached hydrogens (tertiary/aromatic N) is 2. The van der Waals surface area contributed by atoms with Crippen LogP contribution in [0, 0.1) is 11.8 Å². The lowest BCUT2D eigenvalue weighted by atomic mass is 10.1. The van der Waals surface area contributed by atoms with Gasteiger partial charge in [-0.05, 0) is 17.7 Å². The normalized spacial score (nSPS) is 9.61. The van der Waals surface area contributed by atoms with Gasteiger partial charge in [-0.15, -0.1) is 0 Å². The standard InChI is InChI=1S/C14H13N3O/c15-8-3-7-12-5-1-2-6-13(12)11-17-10-4-9-16-14(17)18/h1-2,4-6,9-10H,8,11,15H2. The van der Waals surface area contributed by atoms with Crippen molar-refractivity contribution in [3.8, 4) is 11.8 Å². The third-order valence-corrected chi connectivity index (χ3v) is 2.47. The molecule has 0 amide bonds. The van der Waals surface area contributed by atoms with Crippen molar-refractivity contribution in [1.29, 1.82) is 0 Å². The number of hydrogen-bond donors (Lipinski definition) is 1. The summed E-state index contributed by atoms with van der Waals surface area (Å²) in [5.41, 5.74) is 6.97. The van der Waals surface area contributed by atoms with Crippen molar-refractivity contribution in [2.45, 2.75) is 6.54 Å². The van der Waals surface area contributed by atoms with Crippen molar-refractivity contribution in [1.82, 2.24) is 9.55 Å². The molecule has 0 aliphatic carbocycles.